The zero-order valence-electron chi connectivity index (χ0n) is 15.7. The number of piperidine rings is 1. The number of rotatable bonds is 6. The van der Waals surface area contributed by atoms with Gasteiger partial charge in [0.15, 0.2) is 0 Å². The molecule has 0 unspecified atom stereocenters. The molecule has 1 fully saturated rings. The number of nitrogens with one attached hydrogen (secondary N) is 2. The Bertz CT molecular complexity index is 792. The van der Waals surface area contributed by atoms with Crippen LogP contribution in [-0.2, 0) is 6.18 Å². The smallest absolute Gasteiger partial charge is 0.372 e. The van der Waals surface area contributed by atoms with Crippen molar-refractivity contribution in [2.45, 2.75) is 38.2 Å². The lowest BCUT2D eigenvalue weighted by atomic mass is 10.0. The lowest BCUT2D eigenvalue weighted by Gasteiger charge is -2.34. The molecule has 0 aliphatic carbocycles. The van der Waals surface area contributed by atoms with Crippen molar-refractivity contribution in [3.63, 3.8) is 0 Å². The molecule has 3 rings (SSSR count). The second-order valence-corrected chi connectivity index (χ2v) is 6.71. The average Bonchev–Trinajstić information content (AvgIpc) is 3.09. The topological polar surface area (TPSA) is 70.9 Å². The summed E-state index contributed by atoms with van der Waals surface area (Å²) in [6.45, 7) is 4.11. The molecule has 0 saturated carbocycles. The minimum absolute atomic E-state index is 0.00790. The first-order valence-corrected chi connectivity index (χ1v) is 9.11. The molecule has 11 heteroatoms. The van der Waals surface area contributed by atoms with Gasteiger partial charge >= 0.3 is 6.18 Å². The molecule has 0 amide bonds. The predicted octanol–water partition coefficient (Wildman–Crippen LogP) is 3.47. The van der Waals surface area contributed by atoms with Gasteiger partial charge in [-0.1, -0.05) is 6.92 Å². The molecule has 2 aromatic heterocycles. The first kappa shape index (κ1) is 20.3. The van der Waals surface area contributed by atoms with Gasteiger partial charge in [0.05, 0.1) is 17.9 Å². The zero-order chi connectivity index (χ0) is 20.3. The van der Waals surface area contributed by atoms with Crippen LogP contribution in [0.15, 0.2) is 18.6 Å². The standard InChI is InChI=1S/C17H23F4N7/c1-3-5-27-6-4-14(13(18)10-27)28-9-11(7-24-28)25-16-23-8-12(17(19,20)21)15(22-2)26-16/h7-9,13-14H,3-6,10H2,1-2H3,(H2,22,23,25,26)/t13-,14-/m1/s1. The summed E-state index contributed by atoms with van der Waals surface area (Å²) in [4.78, 5) is 9.66. The normalized spacial score (nSPS) is 20.9. The Morgan fingerprint density at radius 2 is 2.07 bits per heavy atom. The van der Waals surface area contributed by atoms with E-state index in [1.54, 1.807) is 10.9 Å². The van der Waals surface area contributed by atoms with Gasteiger partial charge in [-0.2, -0.15) is 23.3 Å². The maximum absolute atomic E-state index is 14.5. The monoisotopic (exact) mass is 401 g/mol. The van der Waals surface area contributed by atoms with Gasteiger partial charge in [-0.25, -0.2) is 9.37 Å². The fraction of sp³-hybridized carbons (Fsp3) is 0.588. The molecule has 2 atom stereocenters. The summed E-state index contributed by atoms with van der Waals surface area (Å²) in [5, 5.41) is 9.44. The van der Waals surface area contributed by atoms with Gasteiger partial charge in [0.25, 0.3) is 0 Å². The van der Waals surface area contributed by atoms with Gasteiger partial charge < -0.3 is 15.5 Å². The van der Waals surface area contributed by atoms with Gasteiger partial charge in [0.2, 0.25) is 5.95 Å². The Balaban J connectivity index is 1.70. The molecular weight excluding hydrogens is 378 g/mol. The summed E-state index contributed by atoms with van der Waals surface area (Å²) >= 11 is 0. The van der Waals surface area contributed by atoms with E-state index in [9.17, 15) is 17.6 Å². The molecule has 0 bridgehead atoms. The SMILES string of the molecule is CCCN1CC[C@@H](n2cc(Nc3ncc(C(F)(F)F)c(NC)n3)cn2)[C@H](F)C1. The number of hydrogen-bond donors (Lipinski definition) is 2. The maximum Gasteiger partial charge on any atom is 0.421 e. The van der Waals surface area contributed by atoms with E-state index in [1.165, 1.54) is 13.2 Å². The van der Waals surface area contributed by atoms with E-state index < -0.39 is 17.9 Å². The zero-order valence-corrected chi connectivity index (χ0v) is 15.7. The van der Waals surface area contributed by atoms with Crippen molar-refractivity contribution in [2.75, 3.05) is 37.3 Å². The minimum atomic E-state index is -4.55. The Labute approximate surface area is 160 Å². The molecule has 0 aromatic carbocycles. The summed E-state index contributed by atoms with van der Waals surface area (Å²) in [6.07, 6.45) is -0.154. The molecule has 1 aliphatic rings. The second kappa shape index (κ2) is 8.29. The van der Waals surface area contributed by atoms with E-state index in [0.717, 1.165) is 19.5 Å². The fourth-order valence-electron chi connectivity index (χ4n) is 3.33. The van der Waals surface area contributed by atoms with E-state index in [4.69, 9.17) is 0 Å². The Morgan fingerprint density at radius 1 is 1.29 bits per heavy atom. The van der Waals surface area contributed by atoms with E-state index in [1.807, 2.05) is 0 Å². The van der Waals surface area contributed by atoms with Gasteiger partial charge in [0.1, 0.15) is 17.6 Å². The van der Waals surface area contributed by atoms with E-state index in [2.05, 4.69) is 37.5 Å². The molecule has 2 aromatic rings. The van der Waals surface area contributed by atoms with Crippen LogP contribution >= 0.6 is 0 Å². The number of halogens is 4. The number of aromatic nitrogens is 4. The Morgan fingerprint density at radius 3 is 2.71 bits per heavy atom. The van der Waals surface area contributed by atoms with Crippen LogP contribution in [0, 0.1) is 0 Å². The number of hydrogen-bond acceptors (Lipinski definition) is 6. The van der Waals surface area contributed by atoms with Gasteiger partial charge in [-0.15, -0.1) is 0 Å². The molecule has 1 aliphatic heterocycles. The van der Waals surface area contributed by atoms with E-state index >= 15 is 0 Å². The van der Waals surface area contributed by atoms with Crippen molar-refractivity contribution in [2.24, 2.45) is 0 Å². The van der Waals surface area contributed by atoms with Crippen LogP contribution in [0.25, 0.3) is 0 Å². The maximum atomic E-state index is 14.5. The predicted molar refractivity (Wildman–Crippen MR) is 97.4 cm³/mol. The first-order chi connectivity index (χ1) is 13.3. The van der Waals surface area contributed by atoms with Gasteiger partial charge in [0, 0.05) is 32.5 Å². The van der Waals surface area contributed by atoms with Crippen LogP contribution in [0.5, 0.6) is 0 Å². The number of anilines is 3. The molecular formula is C17H23F4N7. The average molecular weight is 401 g/mol. The van der Waals surface area contributed by atoms with Crippen molar-refractivity contribution < 1.29 is 17.6 Å². The van der Waals surface area contributed by atoms with Crippen LogP contribution in [0.3, 0.4) is 0 Å². The van der Waals surface area contributed by atoms with Crippen LogP contribution in [0.2, 0.25) is 0 Å². The van der Waals surface area contributed by atoms with Crippen molar-refractivity contribution in [3.8, 4) is 0 Å². The molecule has 1 saturated heterocycles. The number of nitrogens with zero attached hydrogens (tertiary/aromatic N) is 5. The third-order valence-corrected chi connectivity index (χ3v) is 4.66. The van der Waals surface area contributed by atoms with Crippen LogP contribution in [0.1, 0.15) is 31.4 Å². The van der Waals surface area contributed by atoms with Crippen LogP contribution < -0.4 is 10.6 Å². The molecule has 0 spiro atoms. The second-order valence-electron chi connectivity index (χ2n) is 6.71. The molecule has 0 radical (unpaired) electrons. The summed E-state index contributed by atoms with van der Waals surface area (Å²) in [7, 11) is 1.35. The molecule has 154 valence electrons. The van der Waals surface area contributed by atoms with Crippen LogP contribution in [0.4, 0.5) is 35.0 Å². The van der Waals surface area contributed by atoms with E-state index in [0.29, 0.717) is 24.8 Å². The minimum Gasteiger partial charge on any atom is -0.372 e. The summed E-state index contributed by atoms with van der Waals surface area (Å²) in [5.74, 6) is -0.337. The third-order valence-electron chi connectivity index (χ3n) is 4.66. The van der Waals surface area contributed by atoms with Gasteiger partial charge in [-0.05, 0) is 19.4 Å². The highest BCUT2D eigenvalue weighted by molar-refractivity contribution is 5.55. The van der Waals surface area contributed by atoms with Crippen molar-refractivity contribution in [1.82, 2.24) is 24.6 Å². The summed E-state index contributed by atoms with van der Waals surface area (Å²) in [5.41, 5.74) is -0.472. The summed E-state index contributed by atoms with van der Waals surface area (Å²) in [6, 6.07) is -0.370. The number of likely N-dealkylation sites (tertiary alicyclic amines) is 1. The lowest BCUT2D eigenvalue weighted by Crippen LogP contribution is -2.43. The van der Waals surface area contributed by atoms with E-state index in [-0.39, 0.29) is 17.8 Å². The largest absolute Gasteiger partial charge is 0.421 e. The first-order valence-electron chi connectivity index (χ1n) is 9.11. The lowest BCUT2D eigenvalue weighted by molar-refractivity contribution is -0.137. The highest BCUT2D eigenvalue weighted by Gasteiger charge is 2.35. The Hall–Kier alpha value is -2.43. The van der Waals surface area contributed by atoms with Crippen molar-refractivity contribution in [3.05, 3.63) is 24.2 Å². The quantitative estimate of drug-likeness (QED) is 0.723. The van der Waals surface area contributed by atoms with Crippen molar-refractivity contribution in [1.29, 1.82) is 0 Å². The number of alkyl halides is 4. The molecule has 7 nitrogen and oxygen atoms in total. The van der Waals surface area contributed by atoms with Crippen LogP contribution in [-0.4, -0.2) is 57.5 Å². The third kappa shape index (κ3) is 4.51. The molecule has 2 N–H and O–H groups in total. The summed E-state index contributed by atoms with van der Waals surface area (Å²) < 4.78 is 54.9. The molecule has 3 heterocycles. The highest BCUT2D eigenvalue weighted by Crippen LogP contribution is 2.34. The Kier molecular flexibility index (Phi) is 6.01. The fourth-order valence-corrected chi connectivity index (χ4v) is 3.33. The van der Waals surface area contributed by atoms with Crippen molar-refractivity contribution >= 4 is 17.5 Å². The van der Waals surface area contributed by atoms with Gasteiger partial charge in [-0.3, -0.25) is 4.68 Å². The highest BCUT2D eigenvalue weighted by atomic mass is 19.4. The molecule has 28 heavy (non-hydrogen) atoms.